The summed E-state index contributed by atoms with van der Waals surface area (Å²) in [5.41, 5.74) is 2.98. The average molecular weight is 257 g/mol. The van der Waals surface area contributed by atoms with Crippen molar-refractivity contribution in [2.24, 2.45) is 5.92 Å². The molecule has 1 nitrogen and oxygen atoms in total. The molecule has 0 aliphatic heterocycles. The second kappa shape index (κ2) is 6.09. The number of rotatable bonds is 5. The van der Waals surface area contributed by atoms with E-state index >= 15 is 0 Å². The maximum Gasteiger partial charge on any atom is 0.0208 e. The summed E-state index contributed by atoms with van der Waals surface area (Å²) in [5, 5.41) is 3.73. The lowest BCUT2D eigenvalue weighted by Crippen LogP contribution is -2.34. The van der Waals surface area contributed by atoms with Gasteiger partial charge in [0, 0.05) is 12.6 Å². The van der Waals surface area contributed by atoms with Crippen molar-refractivity contribution in [3.8, 4) is 0 Å². The highest BCUT2D eigenvalue weighted by Crippen LogP contribution is 2.39. The Morgan fingerprint density at radius 1 is 1.00 bits per heavy atom. The van der Waals surface area contributed by atoms with Crippen molar-refractivity contribution < 1.29 is 0 Å². The van der Waals surface area contributed by atoms with Crippen molar-refractivity contribution in [3.05, 3.63) is 35.4 Å². The average Bonchev–Trinajstić information content (AvgIpc) is 3.31. The van der Waals surface area contributed by atoms with Crippen LogP contribution in [0.15, 0.2) is 24.3 Å². The molecule has 1 heteroatoms. The summed E-state index contributed by atoms with van der Waals surface area (Å²) in [6.07, 6.45) is 9.97. The monoisotopic (exact) mass is 257 g/mol. The summed E-state index contributed by atoms with van der Waals surface area (Å²) >= 11 is 0. The standard InChI is InChI=1S/C18H27N/c1-14(16-5-3-2-4-6-16)19-13-15-7-9-17(10-8-15)18-11-12-18/h7-10,14,16,18-19H,2-6,11-13H2,1H3/t14-/m0/s1. The lowest BCUT2D eigenvalue weighted by atomic mass is 9.84. The first-order valence-corrected chi connectivity index (χ1v) is 8.15. The van der Waals surface area contributed by atoms with E-state index in [-0.39, 0.29) is 0 Å². The maximum atomic E-state index is 3.73. The Morgan fingerprint density at radius 3 is 2.32 bits per heavy atom. The molecule has 0 radical (unpaired) electrons. The number of hydrogen-bond acceptors (Lipinski definition) is 1. The summed E-state index contributed by atoms with van der Waals surface area (Å²) in [4.78, 5) is 0. The van der Waals surface area contributed by atoms with E-state index in [0.29, 0.717) is 6.04 Å². The van der Waals surface area contributed by atoms with Crippen molar-refractivity contribution in [2.75, 3.05) is 0 Å². The third-order valence-corrected chi connectivity index (χ3v) is 5.01. The molecular formula is C18H27N. The minimum atomic E-state index is 0.670. The zero-order valence-corrected chi connectivity index (χ0v) is 12.2. The highest BCUT2D eigenvalue weighted by molar-refractivity contribution is 5.27. The van der Waals surface area contributed by atoms with E-state index in [2.05, 4.69) is 36.5 Å². The molecule has 0 aromatic heterocycles. The van der Waals surface area contributed by atoms with E-state index in [0.717, 1.165) is 18.4 Å². The summed E-state index contributed by atoms with van der Waals surface area (Å²) in [6.45, 7) is 3.40. The Kier molecular flexibility index (Phi) is 4.22. The minimum Gasteiger partial charge on any atom is -0.310 e. The molecule has 3 rings (SSSR count). The molecule has 1 aromatic rings. The smallest absolute Gasteiger partial charge is 0.0208 e. The van der Waals surface area contributed by atoms with Gasteiger partial charge in [-0.3, -0.25) is 0 Å². The predicted octanol–water partition coefficient (Wildman–Crippen LogP) is 4.62. The van der Waals surface area contributed by atoms with Gasteiger partial charge in [-0.15, -0.1) is 0 Å². The zero-order chi connectivity index (χ0) is 13.1. The molecule has 1 N–H and O–H groups in total. The molecule has 1 atom stereocenters. The molecule has 2 saturated carbocycles. The molecule has 0 bridgehead atoms. The van der Waals surface area contributed by atoms with Crippen LogP contribution in [-0.2, 0) is 6.54 Å². The van der Waals surface area contributed by atoms with Gasteiger partial charge < -0.3 is 5.32 Å². The van der Waals surface area contributed by atoms with Gasteiger partial charge in [0.2, 0.25) is 0 Å². The molecule has 0 heterocycles. The Morgan fingerprint density at radius 2 is 1.68 bits per heavy atom. The topological polar surface area (TPSA) is 12.0 Å². The van der Waals surface area contributed by atoms with Crippen LogP contribution < -0.4 is 5.32 Å². The van der Waals surface area contributed by atoms with Crippen LogP contribution in [0.25, 0.3) is 0 Å². The van der Waals surface area contributed by atoms with Crippen LogP contribution in [0.4, 0.5) is 0 Å². The van der Waals surface area contributed by atoms with Crippen molar-refractivity contribution in [1.29, 1.82) is 0 Å². The molecule has 104 valence electrons. The molecule has 0 amide bonds. The van der Waals surface area contributed by atoms with Gasteiger partial charge in [-0.1, -0.05) is 43.5 Å². The molecule has 2 aliphatic rings. The van der Waals surface area contributed by atoms with Crippen LogP contribution in [0.1, 0.15) is 68.9 Å². The summed E-state index contributed by atoms with van der Waals surface area (Å²) in [5.74, 6) is 1.78. The quantitative estimate of drug-likeness (QED) is 0.811. The van der Waals surface area contributed by atoms with Crippen molar-refractivity contribution >= 4 is 0 Å². The molecule has 2 aliphatic carbocycles. The largest absolute Gasteiger partial charge is 0.310 e. The van der Waals surface area contributed by atoms with E-state index in [9.17, 15) is 0 Å². The van der Waals surface area contributed by atoms with Crippen molar-refractivity contribution in [3.63, 3.8) is 0 Å². The SMILES string of the molecule is C[C@H](NCc1ccc(C2CC2)cc1)C1CCCCC1. The highest BCUT2D eigenvalue weighted by Gasteiger charge is 2.23. The summed E-state index contributed by atoms with van der Waals surface area (Å²) in [6, 6.07) is 9.96. The molecule has 0 unspecified atom stereocenters. The normalized spacial score (nSPS) is 22.4. The van der Waals surface area contributed by atoms with Gasteiger partial charge in [-0.25, -0.2) is 0 Å². The van der Waals surface area contributed by atoms with Gasteiger partial charge in [0.05, 0.1) is 0 Å². The number of benzene rings is 1. The van der Waals surface area contributed by atoms with E-state index in [4.69, 9.17) is 0 Å². The lowest BCUT2D eigenvalue weighted by Gasteiger charge is -2.28. The molecule has 2 fully saturated rings. The van der Waals surface area contributed by atoms with Crippen molar-refractivity contribution in [1.82, 2.24) is 5.32 Å². The zero-order valence-electron chi connectivity index (χ0n) is 12.2. The first kappa shape index (κ1) is 13.2. The first-order chi connectivity index (χ1) is 9.33. The molecule has 19 heavy (non-hydrogen) atoms. The summed E-state index contributed by atoms with van der Waals surface area (Å²) in [7, 11) is 0. The van der Waals surface area contributed by atoms with E-state index < -0.39 is 0 Å². The fraction of sp³-hybridized carbons (Fsp3) is 0.667. The van der Waals surface area contributed by atoms with Gasteiger partial charge in [-0.05, 0) is 55.6 Å². The lowest BCUT2D eigenvalue weighted by molar-refractivity contribution is 0.280. The fourth-order valence-electron chi connectivity index (χ4n) is 3.40. The van der Waals surface area contributed by atoms with Gasteiger partial charge in [0.25, 0.3) is 0 Å². The highest BCUT2D eigenvalue weighted by atomic mass is 14.9. The van der Waals surface area contributed by atoms with Crippen LogP contribution in [-0.4, -0.2) is 6.04 Å². The Hall–Kier alpha value is -0.820. The molecular weight excluding hydrogens is 230 g/mol. The Balaban J connectivity index is 1.47. The molecule has 1 aromatic carbocycles. The van der Waals surface area contributed by atoms with E-state index in [1.54, 1.807) is 5.56 Å². The number of hydrogen-bond donors (Lipinski definition) is 1. The predicted molar refractivity (Wildman–Crippen MR) is 81.3 cm³/mol. The van der Waals surface area contributed by atoms with E-state index in [1.807, 2.05) is 0 Å². The van der Waals surface area contributed by atoms with Crippen LogP contribution in [0, 0.1) is 5.92 Å². The van der Waals surface area contributed by atoms with E-state index in [1.165, 1.54) is 50.5 Å². The third kappa shape index (κ3) is 3.60. The molecule has 0 saturated heterocycles. The summed E-state index contributed by atoms with van der Waals surface area (Å²) < 4.78 is 0. The second-order valence-corrected chi connectivity index (χ2v) is 6.58. The van der Waals surface area contributed by atoms with Gasteiger partial charge in [0.1, 0.15) is 0 Å². The van der Waals surface area contributed by atoms with Gasteiger partial charge in [0.15, 0.2) is 0 Å². The van der Waals surface area contributed by atoms with Gasteiger partial charge >= 0.3 is 0 Å². The van der Waals surface area contributed by atoms with Crippen LogP contribution in [0.3, 0.4) is 0 Å². The Bertz CT molecular complexity index is 385. The van der Waals surface area contributed by atoms with Crippen molar-refractivity contribution in [2.45, 2.75) is 70.4 Å². The van der Waals surface area contributed by atoms with Crippen LogP contribution >= 0.6 is 0 Å². The van der Waals surface area contributed by atoms with Crippen LogP contribution in [0.2, 0.25) is 0 Å². The number of nitrogens with one attached hydrogen (secondary N) is 1. The second-order valence-electron chi connectivity index (χ2n) is 6.58. The fourth-order valence-corrected chi connectivity index (χ4v) is 3.40. The maximum absolute atomic E-state index is 3.73. The minimum absolute atomic E-state index is 0.670. The third-order valence-electron chi connectivity index (χ3n) is 5.01. The Labute approximate surface area is 117 Å². The van der Waals surface area contributed by atoms with Crippen LogP contribution in [0.5, 0.6) is 0 Å². The van der Waals surface area contributed by atoms with Gasteiger partial charge in [-0.2, -0.15) is 0 Å². The first-order valence-electron chi connectivity index (χ1n) is 8.15. The molecule has 0 spiro atoms.